The fourth-order valence-electron chi connectivity index (χ4n) is 4.71. The van der Waals surface area contributed by atoms with Crippen LogP contribution in [0, 0.1) is 5.41 Å². The number of amides is 1. The minimum absolute atomic E-state index is 0.134. The van der Waals surface area contributed by atoms with E-state index >= 15 is 0 Å². The average Bonchev–Trinajstić information content (AvgIpc) is 3.18. The Hall–Kier alpha value is -2.50. The van der Waals surface area contributed by atoms with Crippen LogP contribution in [0.1, 0.15) is 32.3 Å². The van der Waals surface area contributed by atoms with E-state index in [1.54, 1.807) is 6.20 Å². The van der Waals surface area contributed by atoms with Gasteiger partial charge in [0, 0.05) is 31.5 Å². The smallest absolute Gasteiger partial charge is 0.228 e. The van der Waals surface area contributed by atoms with Gasteiger partial charge in [0.2, 0.25) is 5.91 Å². The molecule has 1 saturated heterocycles. The third-order valence-corrected chi connectivity index (χ3v) is 6.21. The number of ether oxygens (including phenoxy) is 1. The van der Waals surface area contributed by atoms with Crippen LogP contribution >= 0.6 is 0 Å². The number of hydrogen-bond acceptors (Lipinski definition) is 4. The highest BCUT2D eigenvalue weighted by Crippen LogP contribution is 2.36. The van der Waals surface area contributed by atoms with Crippen molar-refractivity contribution in [3.63, 3.8) is 0 Å². The average molecular weight is 420 g/mol. The van der Waals surface area contributed by atoms with Gasteiger partial charge < -0.3 is 10.1 Å². The van der Waals surface area contributed by atoms with Gasteiger partial charge in [-0.2, -0.15) is 0 Å². The van der Waals surface area contributed by atoms with Crippen molar-refractivity contribution < 1.29 is 9.53 Å². The van der Waals surface area contributed by atoms with E-state index in [1.807, 2.05) is 26.1 Å². The molecule has 0 unspecified atom stereocenters. The standard InChI is InChI=1S/C26H33N3O2/c1-20(2)28-25(30)26(10-12-29(19-26)17-22-7-5-13-31-18-22)15-21-6-3-8-23(14-21)24-9-4-11-27-16-24/h3-4,6-9,11,14,16,20H,5,10,12-13,15,17-19H2,1-2H3,(H,28,30)/t26-/m0/s1. The number of nitrogens with zero attached hydrogens (tertiary/aromatic N) is 2. The van der Waals surface area contributed by atoms with E-state index < -0.39 is 5.41 Å². The Morgan fingerprint density at radius 1 is 1.26 bits per heavy atom. The summed E-state index contributed by atoms with van der Waals surface area (Å²) < 4.78 is 5.62. The molecular formula is C26H33N3O2. The highest BCUT2D eigenvalue weighted by molar-refractivity contribution is 5.84. The number of hydrogen-bond donors (Lipinski definition) is 1. The summed E-state index contributed by atoms with van der Waals surface area (Å²) in [5.41, 5.74) is 4.37. The Bertz CT molecular complexity index is 925. The summed E-state index contributed by atoms with van der Waals surface area (Å²) in [6.45, 7) is 8.21. The van der Waals surface area contributed by atoms with Crippen molar-refractivity contribution in [1.82, 2.24) is 15.2 Å². The second kappa shape index (κ2) is 9.75. The van der Waals surface area contributed by atoms with Crippen molar-refractivity contribution in [3.05, 3.63) is 66.0 Å². The number of rotatable bonds is 7. The molecule has 0 radical (unpaired) electrons. The molecule has 1 aromatic carbocycles. The molecule has 164 valence electrons. The molecule has 2 aliphatic rings. The van der Waals surface area contributed by atoms with Gasteiger partial charge in [0.15, 0.2) is 0 Å². The molecule has 0 saturated carbocycles. The first kappa shape index (κ1) is 21.7. The molecule has 4 rings (SSSR count). The summed E-state index contributed by atoms with van der Waals surface area (Å²) >= 11 is 0. The number of nitrogens with one attached hydrogen (secondary N) is 1. The number of carbonyl (C=O) groups excluding carboxylic acids is 1. The molecule has 1 atom stereocenters. The maximum atomic E-state index is 13.4. The van der Waals surface area contributed by atoms with Crippen LogP contribution in [0.3, 0.4) is 0 Å². The lowest BCUT2D eigenvalue weighted by atomic mass is 9.79. The van der Waals surface area contributed by atoms with E-state index in [4.69, 9.17) is 4.74 Å². The van der Waals surface area contributed by atoms with Crippen molar-refractivity contribution in [1.29, 1.82) is 0 Å². The number of likely N-dealkylation sites (tertiary alicyclic amines) is 1. The second-order valence-electron chi connectivity index (χ2n) is 9.19. The summed E-state index contributed by atoms with van der Waals surface area (Å²) in [5, 5.41) is 3.20. The lowest BCUT2D eigenvalue weighted by Crippen LogP contribution is -2.47. The van der Waals surface area contributed by atoms with Crippen LogP contribution in [0.5, 0.6) is 0 Å². The zero-order valence-corrected chi connectivity index (χ0v) is 18.6. The molecule has 5 heteroatoms. The summed E-state index contributed by atoms with van der Waals surface area (Å²) in [6.07, 6.45) is 8.58. The van der Waals surface area contributed by atoms with Gasteiger partial charge in [0.05, 0.1) is 18.6 Å². The van der Waals surface area contributed by atoms with Gasteiger partial charge >= 0.3 is 0 Å². The minimum atomic E-state index is -0.409. The fourth-order valence-corrected chi connectivity index (χ4v) is 4.71. The number of pyridine rings is 1. The summed E-state index contributed by atoms with van der Waals surface area (Å²) in [5.74, 6) is 0.172. The molecule has 3 heterocycles. The molecule has 0 aliphatic carbocycles. The lowest BCUT2D eigenvalue weighted by Gasteiger charge is -2.30. The lowest BCUT2D eigenvalue weighted by molar-refractivity contribution is -0.131. The largest absolute Gasteiger partial charge is 0.377 e. The minimum Gasteiger partial charge on any atom is -0.377 e. The summed E-state index contributed by atoms with van der Waals surface area (Å²) in [6, 6.07) is 12.7. The zero-order chi connectivity index (χ0) is 21.7. The van der Waals surface area contributed by atoms with Gasteiger partial charge in [-0.1, -0.05) is 36.4 Å². The van der Waals surface area contributed by atoms with Crippen LogP contribution in [0.4, 0.5) is 0 Å². The highest BCUT2D eigenvalue weighted by atomic mass is 16.5. The molecule has 1 aromatic heterocycles. The van der Waals surface area contributed by atoms with E-state index in [0.717, 1.165) is 63.2 Å². The van der Waals surface area contributed by atoms with Crippen molar-refractivity contribution >= 4 is 5.91 Å². The van der Waals surface area contributed by atoms with Crippen molar-refractivity contribution in [2.75, 3.05) is 32.8 Å². The third kappa shape index (κ3) is 5.41. The van der Waals surface area contributed by atoms with Crippen molar-refractivity contribution in [3.8, 4) is 11.1 Å². The number of benzene rings is 1. The first-order valence-corrected chi connectivity index (χ1v) is 11.3. The van der Waals surface area contributed by atoms with Gasteiger partial charge in [0.25, 0.3) is 0 Å². The topological polar surface area (TPSA) is 54.5 Å². The fraction of sp³-hybridized carbons (Fsp3) is 0.462. The van der Waals surface area contributed by atoms with E-state index in [2.05, 4.69) is 51.6 Å². The van der Waals surface area contributed by atoms with Crippen LogP contribution in [-0.4, -0.2) is 54.7 Å². The van der Waals surface area contributed by atoms with Crippen molar-refractivity contribution in [2.45, 2.75) is 39.2 Å². The zero-order valence-electron chi connectivity index (χ0n) is 18.6. The molecule has 31 heavy (non-hydrogen) atoms. The number of carbonyl (C=O) groups is 1. The second-order valence-corrected chi connectivity index (χ2v) is 9.19. The predicted molar refractivity (Wildman–Crippen MR) is 124 cm³/mol. The maximum Gasteiger partial charge on any atom is 0.228 e. The SMILES string of the molecule is CC(C)NC(=O)[C@]1(Cc2cccc(-c3cccnc3)c2)CCN(CC2=CCCOC2)C1. The van der Waals surface area contributed by atoms with Gasteiger partial charge in [-0.25, -0.2) is 0 Å². The quantitative estimate of drug-likeness (QED) is 0.693. The predicted octanol–water partition coefficient (Wildman–Crippen LogP) is 3.85. The molecule has 0 spiro atoms. The Morgan fingerprint density at radius 2 is 2.13 bits per heavy atom. The van der Waals surface area contributed by atoms with Crippen LogP contribution in [0.15, 0.2) is 60.4 Å². The monoisotopic (exact) mass is 419 g/mol. The molecule has 0 bridgehead atoms. The molecule has 1 amide bonds. The van der Waals surface area contributed by atoms with Gasteiger partial charge in [-0.05, 0) is 68.0 Å². The molecule has 2 aliphatic heterocycles. The first-order valence-electron chi connectivity index (χ1n) is 11.3. The van der Waals surface area contributed by atoms with Gasteiger partial charge in [-0.3, -0.25) is 14.7 Å². The molecular weight excluding hydrogens is 386 g/mol. The Kier molecular flexibility index (Phi) is 6.83. The molecule has 5 nitrogen and oxygen atoms in total. The maximum absolute atomic E-state index is 13.4. The Balaban J connectivity index is 1.55. The molecule has 1 N–H and O–H groups in total. The van der Waals surface area contributed by atoms with E-state index in [-0.39, 0.29) is 11.9 Å². The highest BCUT2D eigenvalue weighted by Gasteiger charge is 2.44. The summed E-state index contributed by atoms with van der Waals surface area (Å²) in [7, 11) is 0. The van der Waals surface area contributed by atoms with Crippen LogP contribution in [-0.2, 0) is 16.0 Å². The van der Waals surface area contributed by atoms with Crippen LogP contribution in [0.25, 0.3) is 11.1 Å². The molecule has 1 fully saturated rings. The van der Waals surface area contributed by atoms with Gasteiger partial charge in [-0.15, -0.1) is 0 Å². The summed E-state index contributed by atoms with van der Waals surface area (Å²) in [4.78, 5) is 20.1. The van der Waals surface area contributed by atoms with Crippen molar-refractivity contribution in [2.24, 2.45) is 5.41 Å². The third-order valence-electron chi connectivity index (χ3n) is 6.21. The Labute approximate surface area is 185 Å². The normalized spacial score (nSPS) is 21.8. The first-order chi connectivity index (χ1) is 15.0. The van der Waals surface area contributed by atoms with E-state index in [0.29, 0.717) is 0 Å². The van der Waals surface area contributed by atoms with Crippen LogP contribution < -0.4 is 5.32 Å². The van der Waals surface area contributed by atoms with E-state index in [9.17, 15) is 4.79 Å². The Morgan fingerprint density at radius 3 is 2.87 bits per heavy atom. The number of aromatic nitrogens is 1. The molecule has 2 aromatic rings. The van der Waals surface area contributed by atoms with Gasteiger partial charge in [0.1, 0.15) is 0 Å². The van der Waals surface area contributed by atoms with Crippen LogP contribution in [0.2, 0.25) is 0 Å². The van der Waals surface area contributed by atoms with E-state index in [1.165, 1.54) is 11.1 Å².